The van der Waals surface area contributed by atoms with Crippen molar-refractivity contribution in [2.24, 2.45) is 0 Å². The van der Waals surface area contributed by atoms with Gasteiger partial charge in [-0.25, -0.2) is 0 Å². The van der Waals surface area contributed by atoms with Gasteiger partial charge in [0.1, 0.15) is 5.69 Å². The monoisotopic (exact) mass is 383 g/mol. The quantitative estimate of drug-likeness (QED) is 0.503. The molecular formula is C20H18ClN3O3. The molecule has 138 valence electrons. The van der Waals surface area contributed by atoms with Crippen LogP contribution in [0.4, 0.5) is 11.4 Å². The molecule has 0 radical (unpaired) electrons. The van der Waals surface area contributed by atoms with E-state index in [0.717, 1.165) is 16.3 Å². The lowest BCUT2D eigenvalue weighted by atomic mass is 10.1. The highest BCUT2D eigenvalue weighted by atomic mass is 35.5. The summed E-state index contributed by atoms with van der Waals surface area (Å²) in [6.07, 6.45) is 0. The zero-order valence-corrected chi connectivity index (χ0v) is 15.4. The summed E-state index contributed by atoms with van der Waals surface area (Å²) >= 11 is 5.79. The molecule has 0 saturated heterocycles. The second kappa shape index (κ2) is 8.16. The summed E-state index contributed by atoms with van der Waals surface area (Å²) in [5.41, 5.74) is 0.989. The van der Waals surface area contributed by atoms with Gasteiger partial charge in [-0.05, 0) is 41.6 Å². The van der Waals surface area contributed by atoms with Crippen LogP contribution in [0.15, 0.2) is 60.7 Å². The predicted molar refractivity (Wildman–Crippen MR) is 107 cm³/mol. The molecule has 7 heteroatoms. The van der Waals surface area contributed by atoms with Crippen LogP contribution in [0.2, 0.25) is 5.02 Å². The minimum atomic E-state index is -0.569. The number of nitrogens with zero attached hydrogens (tertiary/aromatic N) is 2. The number of amides is 1. The van der Waals surface area contributed by atoms with Crippen molar-refractivity contribution in [3.63, 3.8) is 0 Å². The van der Waals surface area contributed by atoms with Gasteiger partial charge in [-0.15, -0.1) is 0 Å². The Hall–Kier alpha value is -2.96. The number of hydrogen-bond acceptors (Lipinski definition) is 4. The molecule has 0 spiro atoms. The molecule has 0 atom stereocenters. The first-order chi connectivity index (χ1) is 12.9. The number of carbonyl (C=O) groups is 1. The molecule has 0 saturated carbocycles. The first-order valence-corrected chi connectivity index (χ1v) is 8.70. The molecule has 1 N–H and O–H groups in total. The minimum absolute atomic E-state index is 0.104. The maximum absolute atomic E-state index is 12.3. The van der Waals surface area contributed by atoms with Crippen molar-refractivity contribution in [3.05, 3.63) is 81.4 Å². The highest BCUT2D eigenvalue weighted by Crippen LogP contribution is 2.27. The van der Waals surface area contributed by atoms with Crippen molar-refractivity contribution >= 4 is 39.7 Å². The van der Waals surface area contributed by atoms with Crippen molar-refractivity contribution in [3.8, 4) is 0 Å². The molecule has 0 aliphatic heterocycles. The van der Waals surface area contributed by atoms with Crippen molar-refractivity contribution in [2.45, 2.75) is 6.54 Å². The van der Waals surface area contributed by atoms with Crippen molar-refractivity contribution in [2.75, 3.05) is 18.9 Å². The molecular weight excluding hydrogens is 366 g/mol. The number of nitro groups is 1. The Morgan fingerprint density at radius 1 is 1.11 bits per heavy atom. The average molecular weight is 384 g/mol. The summed E-state index contributed by atoms with van der Waals surface area (Å²) in [5.74, 6) is -0.330. The van der Waals surface area contributed by atoms with Crippen LogP contribution in [0.1, 0.15) is 5.56 Å². The van der Waals surface area contributed by atoms with Gasteiger partial charge in [0.05, 0.1) is 11.5 Å². The van der Waals surface area contributed by atoms with E-state index in [1.807, 2.05) is 36.2 Å². The number of nitro benzene ring substituents is 1. The molecule has 3 aromatic rings. The number of anilines is 1. The fraction of sp³-hybridized carbons (Fsp3) is 0.150. The van der Waals surface area contributed by atoms with E-state index < -0.39 is 4.92 Å². The van der Waals surface area contributed by atoms with Gasteiger partial charge in [0.15, 0.2) is 0 Å². The number of rotatable bonds is 6. The van der Waals surface area contributed by atoms with E-state index in [-0.39, 0.29) is 28.8 Å². The van der Waals surface area contributed by atoms with Gasteiger partial charge in [-0.1, -0.05) is 48.0 Å². The summed E-state index contributed by atoms with van der Waals surface area (Å²) in [4.78, 5) is 24.7. The zero-order valence-electron chi connectivity index (χ0n) is 14.7. The summed E-state index contributed by atoms with van der Waals surface area (Å²) in [5, 5.41) is 16.2. The third kappa shape index (κ3) is 4.81. The zero-order chi connectivity index (χ0) is 19.4. The molecule has 0 aliphatic rings. The third-order valence-corrected chi connectivity index (χ3v) is 4.35. The summed E-state index contributed by atoms with van der Waals surface area (Å²) in [6, 6.07) is 18.4. The Morgan fingerprint density at radius 3 is 2.59 bits per heavy atom. The number of nitrogens with one attached hydrogen (secondary N) is 1. The summed E-state index contributed by atoms with van der Waals surface area (Å²) < 4.78 is 0. The van der Waals surface area contributed by atoms with E-state index in [2.05, 4.69) is 23.5 Å². The first-order valence-electron chi connectivity index (χ1n) is 8.32. The fourth-order valence-electron chi connectivity index (χ4n) is 2.90. The van der Waals surface area contributed by atoms with E-state index in [0.29, 0.717) is 6.54 Å². The highest BCUT2D eigenvalue weighted by Gasteiger charge is 2.17. The van der Waals surface area contributed by atoms with Crippen LogP contribution in [-0.4, -0.2) is 29.3 Å². The van der Waals surface area contributed by atoms with E-state index in [4.69, 9.17) is 11.6 Å². The number of halogens is 1. The van der Waals surface area contributed by atoms with Crippen molar-refractivity contribution < 1.29 is 9.72 Å². The topological polar surface area (TPSA) is 75.5 Å². The molecule has 0 fully saturated rings. The van der Waals surface area contributed by atoms with Crippen LogP contribution in [-0.2, 0) is 11.3 Å². The third-order valence-electron chi connectivity index (χ3n) is 4.11. The Bertz CT molecular complexity index is 1010. The van der Waals surface area contributed by atoms with Gasteiger partial charge in [-0.2, -0.15) is 0 Å². The number of likely N-dealkylation sites (N-methyl/N-ethyl adjacent to an activating group) is 1. The van der Waals surface area contributed by atoms with Crippen molar-refractivity contribution in [1.82, 2.24) is 4.90 Å². The Labute approximate surface area is 161 Å². The SMILES string of the molecule is CN(CC(=O)Nc1ccc(Cl)cc1[N+](=O)[O-])Cc1ccc2ccccc2c1. The van der Waals surface area contributed by atoms with Gasteiger partial charge < -0.3 is 5.32 Å². The van der Waals surface area contributed by atoms with Crippen LogP contribution in [0, 0.1) is 10.1 Å². The second-order valence-corrected chi connectivity index (χ2v) is 6.76. The lowest BCUT2D eigenvalue weighted by Gasteiger charge is -2.17. The number of benzene rings is 3. The summed E-state index contributed by atoms with van der Waals surface area (Å²) in [6.45, 7) is 0.688. The normalized spacial score (nSPS) is 10.9. The smallest absolute Gasteiger partial charge is 0.294 e. The summed E-state index contributed by atoms with van der Waals surface area (Å²) in [7, 11) is 1.82. The maximum atomic E-state index is 12.3. The van der Waals surface area contributed by atoms with E-state index >= 15 is 0 Å². The molecule has 1 amide bonds. The Kier molecular flexibility index (Phi) is 5.69. The molecule has 0 aliphatic carbocycles. The standard InChI is InChI=1S/C20H18ClN3O3/c1-23(12-14-6-7-15-4-2-3-5-16(15)10-14)13-20(25)22-18-9-8-17(21)11-19(18)24(26)27/h2-11H,12-13H2,1H3,(H,22,25). The lowest BCUT2D eigenvalue weighted by molar-refractivity contribution is -0.383. The van der Waals surface area contributed by atoms with Crippen molar-refractivity contribution in [1.29, 1.82) is 0 Å². The molecule has 0 aromatic heterocycles. The molecule has 0 heterocycles. The van der Waals surface area contributed by atoms with Gasteiger partial charge >= 0.3 is 0 Å². The van der Waals surface area contributed by atoms with Crippen LogP contribution >= 0.6 is 11.6 Å². The van der Waals surface area contributed by atoms with E-state index in [9.17, 15) is 14.9 Å². The maximum Gasteiger partial charge on any atom is 0.294 e. The van der Waals surface area contributed by atoms with Gasteiger partial charge in [0.2, 0.25) is 5.91 Å². The van der Waals surface area contributed by atoms with Gasteiger partial charge in [-0.3, -0.25) is 19.8 Å². The largest absolute Gasteiger partial charge is 0.319 e. The van der Waals surface area contributed by atoms with Gasteiger partial charge in [0, 0.05) is 17.6 Å². The molecule has 0 unspecified atom stereocenters. The van der Waals surface area contributed by atoms with E-state index in [1.165, 1.54) is 18.2 Å². The molecule has 3 rings (SSSR count). The number of fused-ring (bicyclic) bond motifs is 1. The van der Waals surface area contributed by atoms with Crippen LogP contribution < -0.4 is 5.32 Å². The minimum Gasteiger partial charge on any atom is -0.319 e. The van der Waals surface area contributed by atoms with Crippen LogP contribution in [0.3, 0.4) is 0 Å². The molecule has 6 nitrogen and oxygen atoms in total. The van der Waals surface area contributed by atoms with E-state index in [1.54, 1.807) is 0 Å². The van der Waals surface area contributed by atoms with Gasteiger partial charge in [0.25, 0.3) is 5.69 Å². The average Bonchev–Trinajstić information content (AvgIpc) is 2.62. The molecule has 27 heavy (non-hydrogen) atoms. The Balaban J connectivity index is 1.64. The first kappa shape index (κ1) is 18.8. The second-order valence-electron chi connectivity index (χ2n) is 6.32. The Morgan fingerprint density at radius 2 is 1.85 bits per heavy atom. The lowest BCUT2D eigenvalue weighted by Crippen LogP contribution is -2.30. The number of hydrogen-bond donors (Lipinski definition) is 1. The molecule has 3 aromatic carbocycles. The highest BCUT2D eigenvalue weighted by molar-refractivity contribution is 6.31. The fourth-order valence-corrected chi connectivity index (χ4v) is 3.07. The molecule has 0 bridgehead atoms. The van der Waals surface area contributed by atoms with Crippen LogP contribution in [0.5, 0.6) is 0 Å². The predicted octanol–water partition coefficient (Wildman–Crippen LogP) is 4.47. The van der Waals surface area contributed by atoms with Crippen LogP contribution in [0.25, 0.3) is 10.8 Å². The number of carbonyl (C=O) groups excluding carboxylic acids is 1.